The summed E-state index contributed by atoms with van der Waals surface area (Å²) in [5.74, 6) is -1.46. The molecule has 1 aromatic carbocycles. The summed E-state index contributed by atoms with van der Waals surface area (Å²) in [5, 5.41) is 3.27. The molecule has 10 heteroatoms. The standard InChI is InChI=1S/C11H4F3N3O3S/c12-11(13,14)9-15-7(16-20-9)5-1-3-6(4-2-5)8-17-21-10(18)19-8/h1-4H. The van der Waals surface area contributed by atoms with Gasteiger partial charge >= 0.3 is 17.0 Å². The lowest BCUT2D eigenvalue weighted by Gasteiger charge is -1.97. The van der Waals surface area contributed by atoms with Gasteiger partial charge in [0, 0.05) is 11.1 Å². The zero-order chi connectivity index (χ0) is 15.0. The summed E-state index contributed by atoms with van der Waals surface area (Å²) < 4.78 is 49.8. The van der Waals surface area contributed by atoms with Crippen LogP contribution in [0.1, 0.15) is 5.89 Å². The van der Waals surface area contributed by atoms with Crippen LogP contribution in [0, 0.1) is 0 Å². The van der Waals surface area contributed by atoms with Gasteiger partial charge < -0.3 is 8.94 Å². The lowest BCUT2D eigenvalue weighted by Crippen LogP contribution is -2.04. The van der Waals surface area contributed by atoms with E-state index in [1.165, 1.54) is 24.3 Å². The number of aromatic nitrogens is 3. The van der Waals surface area contributed by atoms with Crippen LogP contribution in [0.4, 0.5) is 13.2 Å². The quantitative estimate of drug-likeness (QED) is 0.723. The van der Waals surface area contributed by atoms with Crippen molar-refractivity contribution in [3.63, 3.8) is 0 Å². The number of alkyl halides is 3. The third-order valence-corrected chi connectivity index (χ3v) is 2.93. The molecule has 6 nitrogen and oxygen atoms in total. The Morgan fingerprint density at radius 3 is 2.29 bits per heavy atom. The Morgan fingerprint density at radius 1 is 1.10 bits per heavy atom. The monoisotopic (exact) mass is 315 g/mol. The van der Waals surface area contributed by atoms with Crippen LogP contribution in [0.3, 0.4) is 0 Å². The van der Waals surface area contributed by atoms with E-state index in [9.17, 15) is 18.0 Å². The Morgan fingerprint density at radius 2 is 1.76 bits per heavy atom. The first-order valence-electron chi connectivity index (χ1n) is 5.42. The number of benzene rings is 1. The van der Waals surface area contributed by atoms with Crippen LogP contribution >= 0.6 is 11.5 Å². The van der Waals surface area contributed by atoms with E-state index in [0.717, 1.165) is 0 Å². The maximum Gasteiger partial charge on any atom is 0.471 e. The maximum absolute atomic E-state index is 12.4. The van der Waals surface area contributed by atoms with Crippen LogP contribution in [0.5, 0.6) is 0 Å². The van der Waals surface area contributed by atoms with E-state index < -0.39 is 17.0 Å². The van der Waals surface area contributed by atoms with Gasteiger partial charge in [-0.2, -0.15) is 18.2 Å². The third kappa shape index (κ3) is 2.70. The van der Waals surface area contributed by atoms with Crippen LogP contribution in [-0.4, -0.2) is 14.5 Å². The number of hydrogen-bond acceptors (Lipinski definition) is 7. The van der Waals surface area contributed by atoms with Crippen molar-refractivity contribution in [3.05, 3.63) is 39.9 Å². The molecule has 108 valence electrons. The Hall–Kier alpha value is -2.49. The van der Waals surface area contributed by atoms with E-state index in [-0.39, 0.29) is 11.7 Å². The van der Waals surface area contributed by atoms with Gasteiger partial charge in [-0.15, -0.1) is 4.37 Å². The topological polar surface area (TPSA) is 82.0 Å². The fourth-order valence-corrected chi connectivity index (χ4v) is 1.94. The van der Waals surface area contributed by atoms with Gasteiger partial charge in [-0.1, -0.05) is 17.3 Å². The lowest BCUT2D eigenvalue weighted by molar-refractivity contribution is -0.159. The molecule has 0 aliphatic rings. The minimum atomic E-state index is -4.69. The van der Waals surface area contributed by atoms with Crippen LogP contribution in [0.25, 0.3) is 22.8 Å². The molecule has 3 aromatic rings. The van der Waals surface area contributed by atoms with Crippen molar-refractivity contribution in [3.8, 4) is 22.8 Å². The van der Waals surface area contributed by atoms with Gasteiger partial charge in [0.15, 0.2) is 0 Å². The van der Waals surface area contributed by atoms with Gasteiger partial charge in [0.05, 0.1) is 11.5 Å². The van der Waals surface area contributed by atoms with Crippen LogP contribution < -0.4 is 4.94 Å². The highest BCUT2D eigenvalue weighted by Gasteiger charge is 2.38. The second-order valence-corrected chi connectivity index (χ2v) is 4.54. The smallest absolute Gasteiger partial charge is 0.394 e. The Balaban J connectivity index is 1.91. The number of nitrogens with zero attached hydrogens (tertiary/aromatic N) is 3. The molecule has 21 heavy (non-hydrogen) atoms. The van der Waals surface area contributed by atoms with E-state index >= 15 is 0 Å². The van der Waals surface area contributed by atoms with E-state index in [2.05, 4.69) is 19.0 Å². The number of rotatable bonds is 2. The molecule has 3 rings (SSSR count). The fraction of sp³-hybridized carbons (Fsp3) is 0.0909. The van der Waals surface area contributed by atoms with Gasteiger partial charge in [0.25, 0.3) is 0 Å². The van der Waals surface area contributed by atoms with E-state index in [4.69, 9.17) is 4.42 Å². The molecule has 0 aliphatic carbocycles. The van der Waals surface area contributed by atoms with Gasteiger partial charge in [-0.05, 0) is 12.1 Å². The van der Waals surface area contributed by atoms with E-state index in [0.29, 0.717) is 22.7 Å². The summed E-state index contributed by atoms with van der Waals surface area (Å²) in [6, 6.07) is 5.99. The van der Waals surface area contributed by atoms with Gasteiger partial charge in [0.2, 0.25) is 11.7 Å². The first-order valence-corrected chi connectivity index (χ1v) is 6.19. The molecule has 0 fully saturated rings. The summed E-state index contributed by atoms with van der Waals surface area (Å²) in [6.07, 6.45) is -4.69. The zero-order valence-electron chi connectivity index (χ0n) is 9.92. The molecule has 0 saturated carbocycles. The molecule has 0 bridgehead atoms. The second kappa shape index (κ2) is 4.81. The SMILES string of the molecule is O=c1oc(-c2ccc(-c3noc(C(F)(F)F)n3)cc2)ns1. The highest BCUT2D eigenvalue weighted by molar-refractivity contribution is 7.02. The van der Waals surface area contributed by atoms with Crippen molar-refractivity contribution >= 4 is 11.5 Å². The van der Waals surface area contributed by atoms with Crippen molar-refractivity contribution in [2.45, 2.75) is 6.18 Å². The molecule has 0 saturated heterocycles. The molecule has 0 amide bonds. The summed E-state index contributed by atoms with van der Waals surface area (Å²) in [5.41, 5.74) is 0.840. The highest BCUT2D eigenvalue weighted by Crippen LogP contribution is 2.29. The molecule has 0 N–H and O–H groups in total. The molecule has 0 unspecified atom stereocenters. The maximum atomic E-state index is 12.4. The molecular formula is C11H4F3N3O3S. The predicted octanol–water partition coefficient (Wildman–Crippen LogP) is 2.83. The molecule has 0 atom stereocenters. The van der Waals surface area contributed by atoms with Crippen molar-refractivity contribution < 1.29 is 22.1 Å². The molecule has 2 heterocycles. The Labute approximate surface area is 118 Å². The largest absolute Gasteiger partial charge is 0.471 e. The zero-order valence-corrected chi connectivity index (χ0v) is 10.7. The van der Waals surface area contributed by atoms with Gasteiger partial charge in [0.1, 0.15) is 0 Å². The minimum absolute atomic E-state index is 0.139. The second-order valence-electron chi connectivity index (χ2n) is 3.84. The average Bonchev–Trinajstić information content (AvgIpc) is 3.07. The number of hydrogen-bond donors (Lipinski definition) is 0. The van der Waals surface area contributed by atoms with Crippen molar-refractivity contribution in [2.24, 2.45) is 0 Å². The third-order valence-electron chi connectivity index (χ3n) is 2.44. The van der Waals surface area contributed by atoms with Crippen molar-refractivity contribution in [2.75, 3.05) is 0 Å². The average molecular weight is 315 g/mol. The first kappa shape index (κ1) is 13.5. The van der Waals surface area contributed by atoms with Gasteiger partial charge in [-0.3, -0.25) is 0 Å². The lowest BCUT2D eigenvalue weighted by atomic mass is 10.1. The summed E-state index contributed by atoms with van der Waals surface area (Å²) in [7, 11) is 0. The number of halogens is 3. The first-order chi connectivity index (χ1) is 9.93. The Bertz CT molecular complexity index is 819. The Kier molecular flexibility index (Phi) is 3.09. The molecule has 2 aromatic heterocycles. The summed E-state index contributed by atoms with van der Waals surface area (Å²) in [6.45, 7) is 0. The van der Waals surface area contributed by atoms with Crippen LogP contribution in [-0.2, 0) is 6.18 Å². The molecular weight excluding hydrogens is 311 g/mol. The van der Waals surface area contributed by atoms with E-state index in [1.807, 2.05) is 0 Å². The van der Waals surface area contributed by atoms with E-state index in [1.54, 1.807) is 0 Å². The van der Waals surface area contributed by atoms with Crippen molar-refractivity contribution in [1.82, 2.24) is 14.5 Å². The molecule has 0 spiro atoms. The summed E-state index contributed by atoms with van der Waals surface area (Å²) >= 11 is 0.669. The highest BCUT2D eigenvalue weighted by atomic mass is 32.1. The van der Waals surface area contributed by atoms with Gasteiger partial charge in [-0.25, -0.2) is 4.79 Å². The molecule has 0 radical (unpaired) electrons. The minimum Gasteiger partial charge on any atom is -0.394 e. The summed E-state index contributed by atoms with van der Waals surface area (Å²) in [4.78, 5) is 13.6. The normalized spacial score (nSPS) is 11.8. The van der Waals surface area contributed by atoms with Crippen molar-refractivity contribution in [1.29, 1.82) is 0 Å². The van der Waals surface area contributed by atoms with Crippen LogP contribution in [0.2, 0.25) is 0 Å². The van der Waals surface area contributed by atoms with Crippen LogP contribution in [0.15, 0.2) is 38.0 Å². The molecule has 0 aliphatic heterocycles. The predicted molar refractivity (Wildman–Crippen MR) is 64.4 cm³/mol. The fourth-order valence-electron chi connectivity index (χ4n) is 1.52.